The first-order chi connectivity index (χ1) is 14.1. The summed E-state index contributed by atoms with van der Waals surface area (Å²) in [7, 11) is 0. The average Bonchev–Trinajstić information content (AvgIpc) is 3.62. The van der Waals surface area contributed by atoms with E-state index in [4.69, 9.17) is 5.26 Å². The molecule has 1 spiro atoms. The van der Waals surface area contributed by atoms with Crippen molar-refractivity contribution in [2.75, 3.05) is 18.0 Å². The molecule has 7 heteroatoms. The summed E-state index contributed by atoms with van der Waals surface area (Å²) in [5, 5.41) is 20.1. The molecule has 1 unspecified atom stereocenters. The molecular weight excluding hydrogens is 369 g/mol. The van der Waals surface area contributed by atoms with Gasteiger partial charge in [0.1, 0.15) is 11.9 Å². The van der Waals surface area contributed by atoms with E-state index in [2.05, 4.69) is 20.4 Å². The van der Waals surface area contributed by atoms with Crippen LogP contribution in [0, 0.1) is 22.6 Å². The van der Waals surface area contributed by atoms with Crippen LogP contribution in [-0.2, 0) is 11.2 Å². The van der Waals surface area contributed by atoms with E-state index in [1.807, 2.05) is 18.2 Å². The number of halogens is 1. The number of hydrogen-bond donors (Lipinski definition) is 1. The molecule has 3 aliphatic rings. The molecule has 29 heavy (non-hydrogen) atoms. The SMILES string of the molecule is N#Cc1ccc(N2CC(NC(=O)Cc3ccc(C4CC4)c(F)c3)C3(CC3)C2)nn1. The monoisotopic (exact) mass is 391 g/mol. The largest absolute Gasteiger partial charge is 0.352 e. The van der Waals surface area contributed by atoms with Gasteiger partial charge in [-0.05, 0) is 60.9 Å². The standard InChI is InChI=1S/C22H22FN5O/c23-18-9-14(1-5-17(18)15-2-3-15)10-21(29)25-19-12-28(13-22(19)7-8-22)20-6-4-16(11-24)26-27-20/h1,4-6,9,15,19H,2-3,7-8,10,12-13H2,(H,25,29). The zero-order valence-electron chi connectivity index (χ0n) is 16.1. The van der Waals surface area contributed by atoms with Gasteiger partial charge in [0.25, 0.3) is 0 Å². The molecule has 1 aromatic carbocycles. The number of aromatic nitrogens is 2. The van der Waals surface area contributed by atoms with Crippen molar-refractivity contribution in [3.05, 3.63) is 53.0 Å². The van der Waals surface area contributed by atoms with Crippen LogP contribution in [0.25, 0.3) is 0 Å². The number of carbonyl (C=O) groups excluding carboxylic acids is 1. The Balaban J connectivity index is 1.23. The van der Waals surface area contributed by atoms with Crippen LogP contribution in [0.15, 0.2) is 30.3 Å². The lowest BCUT2D eigenvalue weighted by atomic mass is 10.00. The van der Waals surface area contributed by atoms with Crippen LogP contribution >= 0.6 is 0 Å². The lowest BCUT2D eigenvalue weighted by Gasteiger charge is -2.18. The Morgan fingerprint density at radius 3 is 2.72 bits per heavy atom. The van der Waals surface area contributed by atoms with Gasteiger partial charge in [-0.1, -0.05) is 12.1 Å². The van der Waals surface area contributed by atoms with Crippen molar-refractivity contribution in [1.29, 1.82) is 5.26 Å². The molecule has 3 fully saturated rings. The number of anilines is 1. The number of hydrogen-bond acceptors (Lipinski definition) is 5. The maximum Gasteiger partial charge on any atom is 0.224 e. The maximum absolute atomic E-state index is 14.3. The Bertz CT molecular complexity index is 991. The number of carbonyl (C=O) groups is 1. The van der Waals surface area contributed by atoms with Gasteiger partial charge in [0.15, 0.2) is 11.5 Å². The highest BCUT2D eigenvalue weighted by molar-refractivity contribution is 5.79. The van der Waals surface area contributed by atoms with Crippen LogP contribution in [0.3, 0.4) is 0 Å². The van der Waals surface area contributed by atoms with Gasteiger partial charge >= 0.3 is 0 Å². The summed E-state index contributed by atoms with van der Waals surface area (Å²) in [6.07, 6.45) is 4.44. The number of amides is 1. The van der Waals surface area contributed by atoms with Crippen LogP contribution in [0.1, 0.15) is 48.4 Å². The number of rotatable bonds is 5. The minimum atomic E-state index is -0.192. The van der Waals surface area contributed by atoms with Gasteiger partial charge in [-0.2, -0.15) is 5.26 Å². The number of nitriles is 1. The van der Waals surface area contributed by atoms with Crippen LogP contribution in [0.2, 0.25) is 0 Å². The quantitative estimate of drug-likeness (QED) is 0.847. The van der Waals surface area contributed by atoms with Crippen molar-refractivity contribution in [3.63, 3.8) is 0 Å². The Labute approximate surface area is 168 Å². The number of nitrogens with one attached hydrogen (secondary N) is 1. The van der Waals surface area contributed by atoms with Crippen LogP contribution < -0.4 is 10.2 Å². The van der Waals surface area contributed by atoms with Gasteiger partial charge in [-0.3, -0.25) is 4.79 Å². The highest BCUT2D eigenvalue weighted by atomic mass is 19.1. The average molecular weight is 391 g/mol. The molecule has 148 valence electrons. The summed E-state index contributed by atoms with van der Waals surface area (Å²) in [6, 6.07) is 10.7. The fraction of sp³-hybridized carbons (Fsp3) is 0.455. The van der Waals surface area contributed by atoms with E-state index in [0.717, 1.165) is 43.6 Å². The lowest BCUT2D eigenvalue weighted by molar-refractivity contribution is -0.121. The third kappa shape index (κ3) is 3.55. The topological polar surface area (TPSA) is 81.9 Å². The van der Waals surface area contributed by atoms with Gasteiger partial charge in [0.2, 0.25) is 5.91 Å². The first-order valence-corrected chi connectivity index (χ1v) is 10.1. The summed E-state index contributed by atoms with van der Waals surface area (Å²) in [6.45, 7) is 1.49. The minimum absolute atomic E-state index is 0.0445. The molecule has 0 bridgehead atoms. The third-order valence-corrected chi connectivity index (χ3v) is 6.41. The number of nitrogens with zero attached hydrogens (tertiary/aromatic N) is 4. The molecule has 1 amide bonds. The fourth-order valence-corrected chi connectivity index (χ4v) is 4.40. The zero-order valence-corrected chi connectivity index (χ0v) is 16.1. The normalized spacial score (nSPS) is 21.8. The second-order valence-electron chi connectivity index (χ2n) is 8.56. The first-order valence-electron chi connectivity index (χ1n) is 10.1. The molecule has 6 nitrogen and oxygen atoms in total. The van der Waals surface area contributed by atoms with E-state index in [0.29, 0.717) is 23.7 Å². The number of benzene rings is 1. The van der Waals surface area contributed by atoms with E-state index < -0.39 is 0 Å². The van der Waals surface area contributed by atoms with Crippen LogP contribution in [-0.4, -0.2) is 35.2 Å². The van der Waals surface area contributed by atoms with Crippen molar-refractivity contribution in [1.82, 2.24) is 15.5 Å². The van der Waals surface area contributed by atoms with Crippen LogP contribution in [0.5, 0.6) is 0 Å². The predicted molar refractivity (Wildman–Crippen MR) is 105 cm³/mol. The summed E-state index contributed by atoms with van der Waals surface area (Å²) < 4.78 is 14.3. The Kier molecular flexibility index (Phi) is 4.23. The summed E-state index contributed by atoms with van der Waals surface area (Å²) in [5.74, 6) is 0.822. The highest BCUT2D eigenvalue weighted by Crippen LogP contribution is 2.53. The Morgan fingerprint density at radius 2 is 2.10 bits per heavy atom. The highest BCUT2D eigenvalue weighted by Gasteiger charge is 2.55. The smallest absolute Gasteiger partial charge is 0.224 e. The Morgan fingerprint density at radius 1 is 1.28 bits per heavy atom. The molecule has 1 aliphatic heterocycles. The van der Waals surface area contributed by atoms with Crippen LogP contribution in [0.4, 0.5) is 10.2 Å². The first kappa shape index (κ1) is 18.0. The molecular formula is C22H22FN5O. The molecule has 5 rings (SSSR count). The molecule has 1 N–H and O–H groups in total. The van der Waals surface area contributed by atoms with E-state index >= 15 is 0 Å². The minimum Gasteiger partial charge on any atom is -0.352 e. The molecule has 2 aromatic rings. The van der Waals surface area contributed by atoms with Crippen molar-refractivity contribution in [2.45, 2.75) is 44.1 Å². The molecule has 2 aliphatic carbocycles. The molecule has 1 atom stereocenters. The molecule has 1 saturated heterocycles. The summed E-state index contributed by atoms with van der Waals surface area (Å²) in [5.41, 5.74) is 1.87. The summed E-state index contributed by atoms with van der Waals surface area (Å²) >= 11 is 0. The van der Waals surface area contributed by atoms with E-state index in [-0.39, 0.29) is 29.6 Å². The van der Waals surface area contributed by atoms with Gasteiger partial charge in [0, 0.05) is 18.5 Å². The van der Waals surface area contributed by atoms with Gasteiger partial charge in [0.05, 0.1) is 12.5 Å². The molecule has 2 saturated carbocycles. The van der Waals surface area contributed by atoms with E-state index in [9.17, 15) is 9.18 Å². The predicted octanol–water partition coefficient (Wildman–Crippen LogP) is 2.69. The summed E-state index contributed by atoms with van der Waals surface area (Å²) in [4.78, 5) is 14.8. The lowest BCUT2D eigenvalue weighted by Crippen LogP contribution is -2.42. The van der Waals surface area contributed by atoms with Gasteiger partial charge in [-0.15, -0.1) is 10.2 Å². The Hall–Kier alpha value is -3.01. The maximum atomic E-state index is 14.3. The van der Waals surface area contributed by atoms with Crippen molar-refractivity contribution < 1.29 is 9.18 Å². The fourth-order valence-electron chi connectivity index (χ4n) is 4.40. The van der Waals surface area contributed by atoms with Gasteiger partial charge < -0.3 is 10.2 Å². The second-order valence-corrected chi connectivity index (χ2v) is 8.56. The third-order valence-electron chi connectivity index (χ3n) is 6.41. The van der Waals surface area contributed by atoms with Crippen molar-refractivity contribution >= 4 is 11.7 Å². The second kappa shape index (κ2) is 6.80. The van der Waals surface area contributed by atoms with Crippen molar-refractivity contribution in [3.8, 4) is 6.07 Å². The van der Waals surface area contributed by atoms with Crippen molar-refractivity contribution in [2.24, 2.45) is 5.41 Å². The van der Waals surface area contributed by atoms with E-state index in [1.165, 1.54) is 6.07 Å². The van der Waals surface area contributed by atoms with Gasteiger partial charge in [-0.25, -0.2) is 4.39 Å². The molecule has 0 radical (unpaired) electrons. The van der Waals surface area contributed by atoms with E-state index in [1.54, 1.807) is 12.1 Å². The molecule has 1 aromatic heterocycles. The molecule has 2 heterocycles. The zero-order chi connectivity index (χ0) is 20.0.